The van der Waals surface area contributed by atoms with Crippen molar-refractivity contribution in [3.63, 3.8) is 0 Å². The zero-order chi connectivity index (χ0) is 22.0. The number of ether oxygens (including phenoxy) is 1. The van der Waals surface area contributed by atoms with E-state index in [0.29, 0.717) is 6.61 Å². The summed E-state index contributed by atoms with van der Waals surface area (Å²) < 4.78 is 6.08. The molecular weight excluding hydrogens is 442 g/mol. The highest BCUT2D eigenvalue weighted by Gasteiger charge is 2.34. The van der Waals surface area contributed by atoms with Gasteiger partial charge in [-0.1, -0.05) is 78.9 Å². The van der Waals surface area contributed by atoms with E-state index in [2.05, 4.69) is 71.7 Å². The van der Waals surface area contributed by atoms with Gasteiger partial charge in [0, 0.05) is 5.56 Å². The van der Waals surface area contributed by atoms with Gasteiger partial charge in [0.15, 0.2) is 5.70 Å². The minimum absolute atomic E-state index is 0. The monoisotopic (exact) mass is 463 g/mol. The van der Waals surface area contributed by atoms with Gasteiger partial charge in [-0.3, -0.25) is 4.99 Å². The van der Waals surface area contributed by atoms with Crippen molar-refractivity contribution < 1.29 is 22.0 Å². The molecule has 0 amide bonds. The molecule has 0 spiro atoms. The standard InChI is InChI=1S/C29H21N3O.ClH/c1-2-8-21(9-3-1)20-33-24-13-6-12-23(18-24)29-31-28(27-19-30-16-17-32(27)29)26-15-7-11-22-10-4-5-14-25(22)26;/h1-19H,20H2;1H. The molecule has 1 unspecified atom stereocenters. The van der Waals surface area contributed by atoms with Crippen molar-refractivity contribution in [3.8, 4) is 5.75 Å². The number of halogens is 1. The van der Waals surface area contributed by atoms with E-state index >= 15 is 0 Å². The Hall–Kier alpha value is -3.99. The van der Waals surface area contributed by atoms with Crippen molar-refractivity contribution in [1.82, 2.24) is 0 Å². The normalized spacial score (nSPS) is 16.2. The molecular formula is C29H22ClN3O. The summed E-state index contributed by atoms with van der Waals surface area (Å²) in [5, 5.41) is 2.39. The fourth-order valence-corrected chi connectivity index (χ4v) is 4.35. The first-order valence-corrected chi connectivity index (χ1v) is 11.0. The second-order valence-electron chi connectivity index (χ2n) is 8.06. The quantitative estimate of drug-likeness (QED) is 0.483. The van der Waals surface area contributed by atoms with Gasteiger partial charge in [-0.15, -0.1) is 0 Å². The Morgan fingerprint density at radius 2 is 1.59 bits per heavy atom. The third-order valence-electron chi connectivity index (χ3n) is 5.96. The molecule has 0 fully saturated rings. The summed E-state index contributed by atoms with van der Waals surface area (Å²) in [6.07, 6.45) is 5.79. The van der Waals surface area contributed by atoms with Gasteiger partial charge in [-0.25, -0.2) is 4.90 Å². The average molecular weight is 464 g/mol. The number of fused-ring (bicyclic) bond motifs is 2. The van der Waals surface area contributed by atoms with Crippen molar-refractivity contribution in [2.75, 3.05) is 0 Å². The summed E-state index contributed by atoms with van der Waals surface area (Å²) in [5.74, 6) is 1.77. The van der Waals surface area contributed by atoms with Gasteiger partial charge in [-0.2, -0.15) is 4.99 Å². The highest BCUT2D eigenvalue weighted by molar-refractivity contribution is 6.08. The summed E-state index contributed by atoms with van der Waals surface area (Å²) in [6.45, 7) is 0.532. The first-order valence-electron chi connectivity index (χ1n) is 11.0. The lowest BCUT2D eigenvalue weighted by atomic mass is 10.0. The summed E-state index contributed by atoms with van der Waals surface area (Å²) >= 11 is 0. The average Bonchev–Trinajstić information content (AvgIpc) is 3.28. The molecule has 6 rings (SSSR count). The zero-order valence-corrected chi connectivity index (χ0v) is 19.1. The van der Waals surface area contributed by atoms with Gasteiger partial charge in [0.05, 0.1) is 18.0 Å². The lowest BCUT2D eigenvalue weighted by molar-refractivity contribution is -0.688. The molecule has 2 aliphatic heterocycles. The van der Waals surface area contributed by atoms with Crippen LogP contribution in [-0.4, -0.2) is 12.1 Å². The Balaban J connectivity index is 0.00000241. The topological polar surface area (TPSA) is 38.4 Å². The molecule has 4 nitrogen and oxygen atoms in total. The highest BCUT2D eigenvalue weighted by Crippen LogP contribution is 2.30. The number of quaternary nitrogens is 1. The number of hydrogen-bond acceptors (Lipinski definition) is 3. The Bertz CT molecular complexity index is 1470. The maximum atomic E-state index is 6.08. The van der Waals surface area contributed by atoms with Crippen molar-refractivity contribution in [2.45, 2.75) is 6.61 Å². The molecule has 4 aromatic rings. The van der Waals surface area contributed by atoms with Gasteiger partial charge >= 0.3 is 0 Å². The molecule has 0 saturated heterocycles. The van der Waals surface area contributed by atoms with E-state index in [-0.39, 0.29) is 12.4 Å². The van der Waals surface area contributed by atoms with Crippen molar-refractivity contribution in [2.24, 2.45) is 9.98 Å². The van der Waals surface area contributed by atoms with Gasteiger partial charge in [-0.05, 0) is 34.5 Å². The minimum atomic E-state index is 0. The number of hydrogen-bond donors (Lipinski definition) is 1. The molecule has 2 aliphatic rings. The van der Waals surface area contributed by atoms with Gasteiger partial charge in [0.1, 0.15) is 24.3 Å². The van der Waals surface area contributed by atoms with Crippen molar-refractivity contribution in [1.29, 1.82) is 0 Å². The summed E-state index contributed by atoms with van der Waals surface area (Å²) in [7, 11) is 0. The van der Waals surface area contributed by atoms with Crippen LogP contribution in [0.25, 0.3) is 16.5 Å². The number of nitrogens with zero attached hydrogens (tertiary/aromatic N) is 2. The molecule has 4 aromatic carbocycles. The molecule has 34 heavy (non-hydrogen) atoms. The minimum Gasteiger partial charge on any atom is -1.00 e. The number of rotatable bonds is 5. The van der Waals surface area contributed by atoms with Crippen LogP contribution in [0.4, 0.5) is 0 Å². The largest absolute Gasteiger partial charge is 1.00 e. The van der Waals surface area contributed by atoms with Gasteiger partial charge < -0.3 is 17.1 Å². The SMILES string of the molecule is C1=C[NH+]2C(c3cccc(OCc4ccccc4)c3)=NC(c3cccc4ccccc34)=C2C=N1.[Cl-]. The number of nitrogens with one attached hydrogen (secondary N) is 1. The molecule has 1 atom stereocenters. The molecule has 5 heteroatoms. The molecule has 1 N–H and O–H groups in total. The van der Waals surface area contributed by atoms with Crippen LogP contribution in [0.2, 0.25) is 0 Å². The van der Waals surface area contributed by atoms with Crippen molar-refractivity contribution in [3.05, 3.63) is 132 Å². The van der Waals surface area contributed by atoms with E-state index in [0.717, 1.165) is 44.6 Å². The van der Waals surface area contributed by atoms with Crippen LogP contribution in [-0.2, 0) is 6.61 Å². The predicted molar refractivity (Wildman–Crippen MR) is 133 cm³/mol. The molecule has 0 aromatic heterocycles. The number of benzene rings is 4. The molecule has 0 aliphatic carbocycles. The Morgan fingerprint density at radius 1 is 0.794 bits per heavy atom. The molecule has 0 saturated carbocycles. The van der Waals surface area contributed by atoms with Gasteiger partial charge in [0.25, 0.3) is 0 Å². The van der Waals surface area contributed by atoms with E-state index < -0.39 is 0 Å². The van der Waals surface area contributed by atoms with Crippen LogP contribution in [0.5, 0.6) is 5.75 Å². The summed E-state index contributed by atoms with van der Waals surface area (Å²) in [4.78, 5) is 10.6. The van der Waals surface area contributed by atoms with Crippen molar-refractivity contribution >= 4 is 28.5 Å². The fraction of sp³-hybridized carbons (Fsp3) is 0.0345. The van der Waals surface area contributed by atoms with Crippen LogP contribution in [0.3, 0.4) is 0 Å². The summed E-state index contributed by atoms with van der Waals surface area (Å²) in [6, 6.07) is 33.2. The lowest BCUT2D eigenvalue weighted by Crippen LogP contribution is -3.08. The second-order valence-corrected chi connectivity index (χ2v) is 8.06. The first kappa shape index (κ1) is 21.8. The van der Waals surface area contributed by atoms with Crippen LogP contribution in [0.15, 0.2) is 125 Å². The number of allylic oxidation sites excluding steroid dienone is 1. The van der Waals surface area contributed by atoms with Crippen LogP contribution in [0, 0.1) is 0 Å². The molecule has 2 heterocycles. The van der Waals surface area contributed by atoms with E-state index in [1.807, 2.05) is 48.9 Å². The molecule has 166 valence electrons. The third kappa shape index (κ3) is 4.05. The first-order chi connectivity index (χ1) is 16.4. The molecule has 0 bridgehead atoms. The predicted octanol–water partition coefficient (Wildman–Crippen LogP) is 1.99. The third-order valence-corrected chi connectivity index (χ3v) is 5.96. The zero-order valence-electron chi connectivity index (χ0n) is 18.4. The smallest absolute Gasteiger partial charge is 0.244 e. The van der Waals surface area contributed by atoms with E-state index in [9.17, 15) is 0 Å². The highest BCUT2D eigenvalue weighted by atomic mass is 35.5. The van der Waals surface area contributed by atoms with E-state index in [1.165, 1.54) is 10.8 Å². The second kappa shape index (κ2) is 9.48. The number of aliphatic imine (C=N–C) groups is 2. The Labute approximate surface area is 204 Å². The van der Waals surface area contributed by atoms with Gasteiger partial charge in [0.2, 0.25) is 5.84 Å². The molecule has 0 radical (unpaired) electrons. The van der Waals surface area contributed by atoms with Crippen LogP contribution < -0.4 is 22.0 Å². The maximum absolute atomic E-state index is 6.08. The van der Waals surface area contributed by atoms with Crippen LogP contribution >= 0.6 is 0 Å². The fourth-order valence-electron chi connectivity index (χ4n) is 4.35. The van der Waals surface area contributed by atoms with Crippen LogP contribution in [0.1, 0.15) is 16.7 Å². The number of amidine groups is 1. The lowest BCUT2D eigenvalue weighted by Gasteiger charge is -2.14. The van der Waals surface area contributed by atoms with E-state index in [4.69, 9.17) is 9.73 Å². The Morgan fingerprint density at radius 3 is 2.50 bits per heavy atom. The van der Waals surface area contributed by atoms with E-state index in [1.54, 1.807) is 0 Å². The Kier molecular flexibility index (Phi) is 6.09. The maximum Gasteiger partial charge on any atom is 0.244 e. The summed E-state index contributed by atoms with van der Waals surface area (Å²) in [5.41, 5.74) is 5.31.